The molecule has 0 aromatic heterocycles. The summed E-state index contributed by atoms with van der Waals surface area (Å²) in [5.41, 5.74) is 6.82. The van der Waals surface area contributed by atoms with Gasteiger partial charge in [-0.3, -0.25) is 4.79 Å². The minimum absolute atomic E-state index is 0.0478. The Hall–Kier alpha value is -1.62. The fourth-order valence-electron chi connectivity index (χ4n) is 2.55. The lowest BCUT2D eigenvalue weighted by molar-refractivity contribution is -0.130. The average Bonchev–Trinajstić information content (AvgIpc) is 2.95. The predicted octanol–water partition coefficient (Wildman–Crippen LogP) is 1.90. The number of hydrogen-bond acceptors (Lipinski definition) is 3. The van der Waals surface area contributed by atoms with Gasteiger partial charge in [0.15, 0.2) is 0 Å². The van der Waals surface area contributed by atoms with Crippen LogP contribution in [0.3, 0.4) is 0 Å². The van der Waals surface area contributed by atoms with Crippen molar-refractivity contribution in [2.75, 3.05) is 13.7 Å². The van der Waals surface area contributed by atoms with Crippen LogP contribution in [-0.4, -0.2) is 35.5 Å². The summed E-state index contributed by atoms with van der Waals surface area (Å²) in [6, 6.07) is 7.75. The molecular weight excluding hydrogens is 272 g/mol. The van der Waals surface area contributed by atoms with Crippen molar-refractivity contribution in [2.24, 2.45) is 5.73 Å². The van der Waals surface area contributed by atoms with Gasteiger partial charge in [-0.05, 0) is 37.0 Å². The van der Waals surface area contributed by atoms with Gasteiger partial charge in [0.2, 0.25) is 5.91 Å². The lowest BCUT2D eigenvalue weighted by Gasteiger charge is -2.23. The third-order valence-electron chi connectivity index (χ3n) is 3.69. The summed E-state index contributed by atoms with van der Waals surface area (Å²) in [4.78, 5) is 14.5. The summed E-state index contributed by atoms with van der Waals surface area (Å²) in [5.74, 6) is 0.962. The van der Waals surface area contributed by atoms with Crippen molar-refractivity contribution in [2.45, 2.75) is 31.7 Å². The van der Waals surface area contributed by atoms with E-state index in [9.17, 15) is 4.79 Å². The Balaban J connectivity index is 1.89. The number of methoxy groups -OCH3 is 1. The highest BCUT2D eigenvalue weighted by molar-refractivity contribution is 7.80. The maximum absolute atomic E-state index is 12.2. The highest BCUT2D eigenvalue weighted by atomic mass is 32.1. The number of nitrogens with two attached hydrogens (primary N) is 1. The Morgan fingerprint density at radius 2 is 2.15 bits per heavy atom. The highest BCUT2D eigenvalue weighted by Crippen LogP contribution is 2.19. The van der Waals surface area contributed by atoms with Gasteiger partial charge in [-0.15, -0.1) is 0 Å². The SMILES string of the molecule is COc1ccc(CCC(=O)N2CCCC2C(N)=S)cc1. The van der Waals surface area contributed by atoms with E-state index in [-0.39, 0.29) is 11.9 Å². The standard InChI is InChI=1S/C15H20N2O2S/c1-19-12-7-4-11(5-8-12)6-9-14(18)17-10-2-3-13(17)15(16)20/h4-5,7-8,13H,2-3,6,9-10H2,1H3,(H2,16,20). The molecule has 0 radical (unpaired) electrons. The number of carbonyl (C=O) groups is 1. The predicted molar refractivity (Wildman–Crippen MR) is 82.8 cm³/mol. The minimum atomic E-state index is -0.0478. The molecule has 20 heavy (non-hydrogen) atoms. The van der Waals surface area contributed by atoms with E-state index >= 15 is 0 Å². The van der Waals surface area contributed by atoms with Crippen LogP contribution in [0.1, 0.15) is 24.8 Å². The molecule has 108 valence electrons. The van der Waals surface area contributed by atoms with Gasteiger partial charge in [0.05, 0.1) is 18.1 Å². The van der Waals surface area contributed by atoms with Gasteiger partial charge >= 0.3 is 0 Å². The van der Waals surface area contributed by atoms with Gasteiger partial charge in [-0.1, -0.05) is 24.4 Å². The summed E-state index contributed by atoms with van der Waals surface area (Å²) in [5, 5.41) is 0. The Kier molecular flexibility index (Phi) is 4.95. The summed E-state index contributed by atoms with van der Waals surface area (Å²) in [6.45, 7) is 0.767. The van der Waals surface area contributed by atoms with Crippen LogP contribution >= 0.6 is 12.2 Å². The van der Waals surface area contributed by atoms with Crippen molar-refractivity contribution in [3.63, 3.8) is 0 Å². The topological polar surface area (TPSA) is 55.6 Å². The van der Waals surface area contributed by atoms with Crippen LogP contribution in [0.25, 0.3) is 0 Å². The lowest BCUT2D eigenvalue weighted by atomic mass is 10.1. The van der Waals surface area contributed by atoms with Gasteiger partial charge in [-0.2, -0.15) is 0 Å². The first kappa shape index (κ1) is 14.8. The molecule has 1 aliphatic rings. The normalized spacial score (nSPS) is 18.1. The zero-order valence-electron chi connectivity index (χ0n) is 11.7. The zero-order valence-corrected chi connectivity index (χ0v) is 12.5. The lowest BCUT2D eigenvalue weighted by Crippen LogP contribution is -2.42. The number of thiocarbonyl (C=S) groups is 1. The third-order valence-corrected chi connectivity index (χ3v) is 3.96. The molecule has 2 N–H and O–H groups in total. The number of carbonyl (C=O) groups excluding carboxylic acids is 1. The second-order valence-electron chi connectivity index (χ2n) is 5.00. The van der Waals surface area contributed by atoms with Crippen molar-refractivity contribution < 1.29 is 9.53 Å². The molecule has 1 saturated heterocycles. The van der Waals surface area contributed by atoms with Crippen LogP contribution in [0.15, 0.2) is 24.3 Å². The van der Waals surface area contributed by atoms with Crippen LogP contribution < -0.4 is 10.5 Å². The average molecular weight is 292 g/mol. The van der Waals surface area contributed by atoms with E-state index < -0.39 is 0 Å². The second kappa shape index (κ2) is 6.70. The molecule has 0 bridgehead atoms. The van der Waals surface area contributed by atoms with Gasteiger partial charge in [0, 0.05) is 13.0 Å². The first-order valence-electron chi connectivity index (χ1n) is 6.83. The molecule has 0 spiro atoms. The van der Waals surface area contributed by atoms with Crippen LogP contribution in [0.4, 0.5) is 0 Å². The molecule has 1 amide bonds. The minimum Gasteiger partial charge on any atom is -0.497 e. The zero-order chi connectivity index (χ0) is 14.5. The van der Waals surface area contributed by atoms with E-state index in [4.69, 9.17) is 22.7 Å². The number of aryl methyl sites for hydroxylation is 1. The maximum Gasteiger partial charge on any atom is 0.223 e. The second-order valence-corrected chi connectivity index (χ2v) is 5.47. The van der Waals surface area contributed by atoms with E-state index in [1.807, 2.05) is 29.2 Å². The molecule has 0 aliphatic carbocycles. The van der Waals surface area contributed by atoms with Crippen molar-refractivity contribution in [3.8, 4) is 5.75 Å². The van der Waals surface area contributed by atoms with Crippen LogP contribution in [-0.2, 0) is 11.2 Å². The summed E-state index contributed by atoms with van der Waals surface area (Å²) < 4.78 is 5.11. The maximum atomic E-state index is 12.2. The summed E-state index contributed by atoms with van der Waals surface area (Å²) in [7, 11) is 1.64. The van der Waals surface area contributed by atoms with Crippen LogP contribution in [0, 0.1) is 0 Å². The molecule has 2 rings (SSSR count). The molecule has 1 heterocycles. The van der Waals surface area contributed by atoms with E-state index in [1.54, 1.807) is 7.11 Å². The van der Waals surface area contributed by atoms with Crippen molar-refractivity contribution in [1.82, 2.24) is 4.90 Å². The van der Waals surface area contributed by atoms with Crippen molar-refractivity contribution >= 4 is 23.1 Å². The Morgan fingerprint density at radius 3 is 2.75 bits per heavy atom. The van der Waals surface area contributed by atoms with Crippen LogP contribution in [0.5, 0.6) is 5.75 Å². The number of likely N-dealkylation sites (tertiary alicyclic amines) is 1. The number of ether oxygens (including phenoxy) is 1. The Bertz CT molecular complexity index is 487. The largest absolute Gasteiger partial charge is 0.497 e. The quantitative estimate of drug-likeness (QED) is 0.842. The summed E-state index contributed by atoms with van der Waals surface area (Å²) in [6.07, 6.45) is 3.09. The molecule has 4 nitrogen and oxygen atoms in total. The van der Waals surface area contributed by atoms with Crippen LogP contribution in [0.2, 0.25) is 0 Å². The molecule has 1 atom stereocenters. The fourth-order valence-corrected chi connectivity index (χ4v) is 2.79. The van der Waals surface area contributed by atoms with Gasteiger partial charge < -0.3 is 15.4 Å². The number of rotatable bonds is 5. The monoisotopic (exact) mass is 292 g/mol. The van der Waals surface area contributed by atoms with Gasteiger partial charge in [0.25, 0.3) is 0 Å². The molecular formula is C15H20N2O2S. The van der Waals surface area contributed by atoms with Gasteiger partial charge in [0.1, 0.15) is 5.75 Å². The molecule has 1 aliphatic heterocycles. The first-order chi connectivity index (χ1) is 9.61. The van der Waals surface area contributed by atoms with Crippen molar-refractivity contribution in [3.05, 3.63) is 29.8 Å². The molecule has 1 aromatic rings. The van der Waals surface area contributed by atoms with Gasteiger partial charge in [-0.25, -0.2) is 0 Å². The number of nitrogens with zero attached hydrogens (tertiary/aromatic N) is 1. The highest BCUT2D eigenvalue weighted by Gasteiger charge is 2.29. The molecule has 1 aromatic carbocycles. The number of amides is 1. The smallest absolute Gasteiger partial charge is 0.223 e. The van der Waals surface area contributed by atoms with E-state index in [1.165, 1.54) is 0 Å². The van der Waals surface area contributed by atoms with E-state index in [0.717, 1.165) is 37.1 Å². The fraction of sp³-hybridized carbons (Fsp3) is 0.467. The third kappa shape index (κ3) is 3.48. The van der Waals surface area contributed by atoms with E-state index in [2.05, 4.69) is 0 Å². The number of hydrogen-bond donors (Lipinski definition) is 1. The number of benzene rings is 1. The van der Waals surface area contributed by atoms with E-state index in [0.29, 0.717) is 11.4 Å². The molecule has 5 heteroatoms. The summed E-state index contributed by atoms with van der Waals surface area (Å²) >= 11 is 5.03. The van der Waals surface area contributed by atoms with Crippen molar-refractivity contribution in [1.29, 1.82) is 0 Å². The Morgan fingerprint density at radius 1 is 1.45 bits per heavy atom. The first-order valence-corrected chi connectivity index (χ1v) is 7.24. The Labute approximate surface area is 124 Å². The molecule has 1 fully saturated rings. The molecule has 1 unspecified atom stereocenters. The molecule has 0 saturated carbocycles.